The molecule has 0 atom stereocenters. The summed E-state index contributed by atoms with van der Waals surface area (Å²) in [6.07, 6.45) is 0.853. The van der Waals surface area contributed by atoms with Crippen LogP contribution in [0.3, 0.4) is 0 Å². The first-order chi connectivity index (χ1) is 6.54. The molecule has 0 rings (SSSR count). The molecule has 0 saturated heterocycles. The van der Waals surface area contributed by atoms with Gasteiger partial charge in [0.1, 0.15) is 0 Å². The molecule has 86 valence electrons. The average molecular weight is 203 g/mol. The lowest BCUT2D eigenvalue weighted by Crippen LogP contribution is -2.38. The molecule has 0 heterocycles. The summed E-state index contributed by atoms with van der Waals surface area (Å²) in [5.41, 5.74) is -0.256. The van der Waals surface area contributed by atoms with Gasteiger partial charge in [-0.2, -0.15) is 0 Å². The highest BCUT2D eigenvalue weighted by Gasteiger charge is 2.24. The van der Waals surface area contributed by atoms with Crippen molar-refractivity contribution in [3.05, 3.63) is 0 Å². The van der Waals surface area contributed by atoms with Crippen LogP contribution >= 0.6 is 0 Å². The van der Waals surface area contributed by atoms with Crippen molar-refractivity contribution in [3.63, 3.8) is 0 Å². The Morgan fingerprint density at radius 2 is 1.86 bits per heavy atom. The van der Waals surface area contributed by atoms with E-state index in [2.05, 4.69) is 5.32 Å². The number of methoxy groups -OCH3 is 1. The second-order valence-corrected chi connectivity index (χ2v) is 3.49. The highest BCUT2D eigenvalue weighted by atomic mass is 16.5. The summed E-state index contributed by atoms with van der Waals surface area (Å²) in [6, 6.07) is 0. The Morgan fingerprint density at radius 1 is 1.36 bits per heavy atom. The zero-order valence-electron chi connectivity index (χ0n) is 10.4. The van der Waals surface area contributed by atoms with Crippen molar-refractivity contribution >= 4 is 5.91 Å². The maximum absolute atomic E-state index is 11.4. The van der Waals surface area contributed by atoms with E-state index < -0.39 is 0 Å². The quantitative estimate of drug-likeness (QED) is 0.696. The number of carbonyl (C=O) groups is 1. The monoisotopic (exact) mass is 203 g/mol. The largest absolute Gasteiger partial charge is 0.383 e. The van der Waals surface area contributed by atoms with Crippen molar-refractivity contribution in [1.82, 2.24) is 5.32 Å². The molecule has 0 unspecified atom stereocenters. The molecule has 0 aromatic carbocycles. The maximum atomic E-state index is 11.4. The van der Waals surface area contributed by atoms with Crippen LogP contribution in [0.5, 0.6) is 0 Å². The molecule has 14 heavy (non-hydrogen) atoms. The Kier molecular flexibility index (Phi) is 10.2. The molecule has 0 aliphatic heterocycles. The van der Waals surface area contributed by atoms with Crippen LogP contribution in [0.2, 0.25) is 0 Å². The van der Waals surface area contributed by atoms with E-state index >= 15 is 0 Å². The van der Waals surface area contributed by atoms with Gasteiger partial charge in [0.15, 0.2) is 0 Å². The van der Waals surface area contributed by atoms with Crippen molar-refractivity contribution in [2.75, 3.05) is 20.3 Å². The zero-order valence-corrected chi connectivity index (χ0v) is 10.4. The van der Waals surface area contributed by atoms with Crippen molar-refractivity contribution in [3.8, 4) is 0 Å². The third kappa shape index (κ3) is 6.89. The molecule has 3 heteroatoms. The van der Waals surface area contributed by atoms with E-state index in [0.717, 1.165) is 6.42 Å². The molecule has 0 bridgehead atoms. The highest BCUT2D eigenvalue weighted by Crippen LogP contribution is 2.18. The summed E-state index contributed by atoms with van der Waals surface area (Å²) < 4.78 is 4.82. The Hall–Kier alpha value is -0.570. The Balaban J connectivity index is 0. The normalized spacial score (nSPS) is 10.1. The third-order valence-electron chi connectivity index (χ3n) is 2.09. The van der Waals surface area contributed by atoms with Gasteiger partial charge < -0.3 is 10.1 Å². The van der Waals surface area contributed by atoms with Crippen LogP contribution in [0.15, 0.2) is 0 Å². The van der Waals surface area contributed by atoms with Gasteiger partial charge in [0, 0.05) is 19.1 Å². The summed E-state index contributed by atoms with van der Waals surface area (Å²) in [4.78, 5) is 11.4. The van der Waals surface area contributed by atoms with Crippen molar-refractivity contribution in [2.24, 2.45) is 5.41 Å². The molecule has 0 aliphatic rings. The number of rotatable bonds is 5. The van der Waals surface area contributed by atoms with Crippen LogP contribution in [0.1, 0.15) is 41.0 Å². The van der Waals surface area contributed by atoms with E-state index in [1.54, 1.807) is 7.11 Å². The topological polar surface area (TPSA) is 38.3 Å². The van der Waals surface area contributed by atoms with Gasteiger partial charge >= 0.3 is 0 Å². The number of ether oxygens (including phenoxy) is 1. The van der Waals surface area contributed by atoms with Gasteiger partial charge in [0.2, 0.25) is 5.91 Å². The predicted octanol–water partition coefficient (Wildman–Crippen LogP) is 2.21. The van der Waals surface area contributed by atoms with E-state index in [1.165, 1.54) is 0 Å². The molecule has 0 saturated carbocycles. The summed E-state index contributed by atoms with van der Waals surface area (Å²) in [5, 5.41) is 2.81. The molecular weight excluding hydrogens is 178 g/mol. The number of carbonyl (C=O) groups excluding carboxylic acids is 1. The van der Waals surface area contributed by atoms with E-state index in [0.29, 0.717) is 13.2 Å². The summed E-state index contributed by atoms with van der Waals surface area (Å²) >= 11 is 0. The number of hydrogen-bond donors (Lipinski definition) is 1. The molecule has 3 nitrogen and oxygen atoms in total. The van der Waals surface area contributed by atoms with Gasteiger partial charge in [-0.25, -0.2) is 0 Å². The molecule has 0 aromatic heterocycles. The van der Waals surface area contributed by atoms with Gasteiger partial charge in [0.25, 0.3) is 0 Å². The summed E-state index contributed by atoms with van der Waals surface area (Å²) in [7, 11) is 1.62. The number of hydrogen-bond acceptors (Lipinski definition) is 2. The van der Waals surface area contributed by atoms with Crippen LogP contribution in [-0.2, 0) is 9.53 Å². The second-order valence-electron chi connectivity index (χ2n) is 3.49. The van der Waals surface area contributed by atoms with E-state index in [4.69, 9.17) is 4.74 Å². The summed E-state index contributed by atoms with van der Waals surface area (Å²) in [6.45, 7) is 11.1. The lowest BCUT2D eigenvalue weighted by atomic mass is 9.89. The molecular formula is C11H25NO2. The molecule has 0 aliphatic carbocycles. The van der Waals surface area contributed by atoms with Gasteiger partial charge in [-0.1, -0.05) is 34.6 Å². The van der Waals surface area contributed by atoms with Crippen molar-refractivity contribution < 1.29 is 9.53 Å². The summed E-state index contributed by atoms with van der Waals surface area (Å²) in [5.74, 6) is 0.0991. The smallest absolute Gasteiger partial charge is 0.225 e. The van der Waals surface area contributed by atoms with Gasteiger partial charge in [0.05, 0.1) is 6.61 Å². The zero-order chi connectivity index (χ0) is 11.6. The van der Waals surface area contributed by atoms with Gasteiger partial charge in [-0.15, -0.1) is 0 Å². The SMILES string of the molecule is CC.CCC(C)(C)C(=O)NCCOC. The highest BCUT2D eigenvalue weighted by molar-refractivity contribution is 5.81. The molecule has 1 amide bonds. The Bertz CT molecular complexity index is 144. The van der Waals surface area contributed by atoms with Crippen LogP contribution < -0.4 is 5.32 Å². The first-order valence-corrected chi connectivity index (χ1v) is 5.32. The minimum Gasteiger partial charge on any atom is -0.383 e. The van der Waals surface area contributed by atoms with E-state index in [-0.39, 0.29) is 11.3 Å². The fourth-order valence-electron chi connectivity index (χ4n) is 0.666. The number of amides is 1. The lowest BCUT2D eigenvalue weighted by Gasteiger charge is -2.21. The fourth-order valence-corrected chi connectivity index (χ4v) is 0.666. The average Bonchev–Trinajstić information content (AvgIpc) is 2.21. The van der Waals surface area contributed by atoms with Gasteiger partial charge in [-0.05, 0) is 6.42 Å². The van der Waals surface area contributed by atoms with Crippen LogP contribution in [0.4, 0.5) is 0 Å². The Morgan fingerprint density at radius 3 is 2.21 bits per heavy atom. The Labute approximate surface area is 88.2 Å². The second kappa shape index (κ2) is 9.00. The van der Waals surface area contributed by atoms with Crippen molar-refractivity contribution in [1.29, 1.82) is 0 Å². The van der Waals surface area contributed by atoms with Crippen LogP contribution in [0.25, 0.3) is 0 Å². The molecule has 0 spiro atoms. The molecule has 0 aromatic rings. The van der Waals surface area contributed by atoms with Gasteiger partial charge in [-0.3, -0.25) is 4.79 Å². The van der Waals surface area contributed by atoms with E-state index in [1.807, 2.05) is 34.6 Å². The number of nitrogens with one attached hydrogen (secondary N) is 1. The minimum absolute atomic E-state index is 0.0991. The standard InChI is InChI=1S/C9H19NO2.C2H6/c1-5-9(2,3)8(11)10-6-7-12-4;1-2/h5-7H2,1-4H3,(H,10,11);1-2H3. The lowest BCUT2D eigenvalue weighted by molar-refractivity contribution is -0.129. The molecule has 0 fully saturated rings. The fraction of sp³-hybridized carbons (Fsp3) is 0.909. The maximum Gasteiger partial charge on any atom is 0.225 e. The first-order valence-electron chi connectivity index (χ1n) is 5.32. The van der Waals surface area contributed by atoms with Crippen molar-refractivity contribution in [2.45, 2.75) is 41.0 Å². The third-order valence-corrected chi connectivity index (χ3v) is 2.09. The predicted molar refractivity (Wildman–Crippen MR) is 60.3 cm³/mol. The van der Waals surface area contributed by atoms with Crippen LogP contribution in [0, 0.1) is 5.41 Å². The van der Waals surface area contributed by atoms with E-state index in [9.17, 15) is 4.79 Å². The minimum atomic E-state index is -0.256. The molecule has 1 N–H and O–H groups in total. The molecule has 0 radical (unpaired) electrons. The van der Waals surface area contributed by atoms with Crippen LogP contribution in [-0.4, -0.2) is 26.2 Å². The first kappa shape index (κ1) is 15.9.